The van der Waals surface area contributed by atoms with E-state index in [4.69, 9.17) is 0 Å². The molecule has 1 atom stereocenters. The zero-order valence-electron chi connectivity index (χ0n) is 14.0. The Kier molecular flexibility index (Phi) is 3.79. The smallest absolute Gasteiger partial charge is 0.244 e. The quantitative estimate of drug-likeness (QED) is 0.820. The van der Waals surface area contributed by atoms with Gasteiger partial charge in [0, 0.05) is 12.1 Å². The second kappa shape index (κ2) is 5.81. The Labute approximate surface area is 139 Å². The first kappa shape index (κ1) is 15.0. The van der Waals surface area contributed by atoms with Crippen LogP contribution in [-0.2, 0) is 4.79 Å². The summed E-state index contributed by atoms with van der Waals surface area (Å²) in [4.78, 5) is 12.3. The minimum absolute atomic E-state index is 0.0529. The van der Waals surface area contributed by atoms with Crippen LogP contribution in [-0.4, -0.2) is 11.9 Å². The molecule has 0 aromatic heterocycles. The van der Waals surface area contributed by atoms with Gasteiger partial charge in [-0.05, 0) is 80.3 Å². The first-order valence-electron chi connectivity index (χ1n) is 9.17. The number of hydrogen-bond acceptors (Lipinski definition) is 1. The molecule has 1 aromatic carbocycles. The summed E-state index contributed by atoms with van der Waals surface area (Å²) >= 11 is 0. The molecule has 2 nitrogen and oxygen atoms in total. The van der Waals surface area contributed by atoms with E-state index in [1.165, 1.54) is 38.5 Å². The molecule has 1 unspecified atom stereocenters. The van der Waals surface area contributed by atoms with Crippen molar-refractivity contribution in [1.82, 2.24) is 5.32 Å². The lowest BCUT2D eigenvalue weighted by atomic mass is 9.48. The normalized spacial score (nSPS) is 36.3. The maximum Gasteiger partial charge on any atom is 0.244 e. The third kappa shape index (κ3) is 2.96. The summed E-state index contributed by atoms with van der Waals surface area (Å²) in [5.74, 6) is 2.85. The molecule has 4 aliphatic rings. The van der Waals surface area contributed by atoms with E-state index in [1.807, 2.05) is 36.4 Å². The average Bonchev–Trinajstić information content (AvgIpc) is 2.52. The van der Waals surface area contributed by atoms with E-state index in [0.717, 1.165) is 23.3 Å². The number of amides is 1. The van der Waals surface area contributed by atoms with E-state index >= 15 is 0 Å². The van der Waals surface area contributed by atoms with Crippen molar-refractivity contribution in [2.24, 2.45) is 23.2 Å². The third-order valence-electron chi connectivity index (χ3n) is 6.59. The van der Waals surface area contributed by atoms with Crippen molar-refractivity contribution in [2.45, 2.75) is 51.5 Å². The molecule has 1 aromatic rings. The molecule has 0 heterocycles. The Bertz CT molecular complexity index is 568. The van der Waals surface area contributed by atoms with E-state index < -0.39 is 0 Å². The fourth-order valence-corrected chi connectivity index (χ4v) is 5.86. The van der Waals surface area contributed by atoms with Crippen LogP contribution < -0.4 is 5.32 Å². The van der Waals surface area contributed by atoms with Crippen molar-refractivity contribution in [3.05, 3.63) is 42.0 Å². The van der Waals surface area contributed by atoms with Crippen LogP contribution in [0.15, 0.2) is 36.4 Å². The zero-order chi connectivity index (χ0) is 15.9. The van der Waals surface area contributed by atoms with Crippen molar-refractivity contribution in [3.8, 4) is 0 Å². The van der Waals surface area contributed by atoms with Gasteiger partial charge in [-0.25, -0.2) is 0 Å². The van der Waals surface area contributed by atoms with E-state index in [9.17, 15) is 4.79 Å². The standard InChI is InChI=1S/C21H27NO/c1-15(22-20(23)8-7-16-5-3-2-4-6-16)21-12-17-9-18(13-21)11-19(10-17)14-21/h2-8,15,17-19H,9-14H2,1H3,(H,22,23)/b8-7+. The number of benzene rings is 1. The maximum atomic E-state index is 12.3. The summed E-state index contributed by atoms with van der Waals surface area (Å²) in [5, 5.41) is 3.28. The molecule has 4 bridgehead atoms. The lowest BCUT2D eigenvalue weighted by Crippen LogP contribution is -2.55. The van der Waals surface area contributed by atoms with E-state index in [1.54, 1.807) is 6.08 Å². The van der Waals surface area contributed by atoms with Gasteiger partial charge in [-0.2, -0.15) is 0 Å². The van der Waals surface area contributed by atoms with Crippen molar-refractivity contribution < 1.29 is 4.79 Å². The molecular formula is C21H27NO. The Morgan fingerprint density at radius 1 is 1.09 bits per heavy atom. The van der Waals surface area contributed by atoms with Gasteiger partial charge < -0.3 is 5.32 Å². The van der Waals surface area contributed by atoms with Crippen molar-refractivity contribution >= 4 is 12.0 Å². The van der Waals surface area contributed by atoms with Crippen LogP contribution in [0.1, 0.15) is 51.0 Å². The first-order chi connectivity index (χ1) is 11.1. The number of carbonyl (C=O) groups is 1. The molecule has 1 N–H and O–H groups in total. The molecule has 0 spiro atoms. The van der Waals surface area contributed by atoms with Crippen LogP contribution in [0, 0.1) is 23.2 Å². The highest BCUT2D eigenvalue weighted by atomic mass is 16.1. The predicted molar refractivity (Wildman–Crippen MR) is 93.7 cm³/mol. The summed E-state index contributed by atoms with van der Waals surface area (Å²) in [5.41, 5.74) is 1.45. The molecular weight excluding hydrogens is 282 g/mol. The first-order valence-corrected chi connectivity index (χ1v) is 9.17. The molecule has 4 fully saturated rings. The SMILES string of the molecule is CC(NC(=O)/C=C/c1ccccc1)C12CC3CC(CC(C3)C1)C2. The second-order valence-electron chi connectivity index (χ2n) is 8.25. The van der Waals surface area contributed by atoms with Crippen molar-refractivity contribution in [2.75, 3.05) is 0 Å². The van der Waals surface area contributed by atoms with Gasteiger partial charge in [0.15, 0.2) is 0 Å². The van der Waals surface area contributed by atoms with Crippen LogP contribution in [0.4, 0.5) is 0 Å². The van der Waals surface area contributed by atoms with Crippen LogP contribution in [0.2, 0.25) is 0 Å². The summed E-state index contributed by atoms with van der Waals surface area (Å²) < 4.78 is 0. The topological polar surface area (TPSA) is 29.1 Å². The monoisotopic (exact) mass is 309 g/mol. The van der Waals surface area contributed by atoms with Gasteiger partial charge >= 0.3 is 0 Å². The molecule has 122 valence electrons. The van der Waals surface area contributed by atoms with E-state index in [-0.39, 0.29) is 5.91 Å². The summed E-state index contributed by atoms with van der Waals surface area (Å²) in [6, 6.07) is 10.3. The summed E-state index contributed by atoms with van der Waals surface area (Å²) in [7, 11) is 0. The molecule has 2 heteroatoms. The molecule has 23 heavy (non-hydrogen) atoms. The van der Waals surface area contributed by atoms with Gasteiger partial charge in [0.2, 0.25) is 5.91 Å². The average molecular weight is 309 g/mol. The molecule has 4 aliphatic carbocycles. The van der Waals surface area contributed by atoms with Gasteiger partial charge in [0.25, 0.3) is 0 Å². The lowest BCUT2D eigenvalue weighted by Gasteiger charge is -2.59. The number of nitrogens with one attached hydrogen (secondary N) is 1. The van der Waals surface area contributed by atoms with Crippen LogP contribution >= 0.6 is 0 Å². The van der Waals surface area contributed by atoms with Crippen LogP contribution in [0.5, 0.6) is 0 Å². The highest BCUT2D eigenvalue weighted by Crippen LogP contribution is 2.61. The molecule has 4 saturated carbocycles. The Morgan fingerprint density at radius 2 is 1.65 bits per heavy atom. The van der Waals surface area contributed by atoms with Gasteiger partial charge in [-0.3, -0.25) is 4.79 Å². The van der Waals surface area contributed by atoms with Crippen molar-refractivity contribution in [1.29, 1.82) is 0 Å². The fourth-order valence-electron chi connectivity index (χ4n) is 5.86. The lowest BCUT2D eigenvalue weighted by molar-refractivity contribution is -0.121. The fraction of sp³-hybridized carbons (Fsp3) is 0.571. The van der Waals surface area contributed by atoms with Crippen LogP contribution in [0.25, 0.3) is 6.08 Å². The molecule has 0 saturated heterocycles. The van der Waals surface area contributed by atoms with Gasteiger partial charge in [-0.15, -0.1) is 0 Å². The highest BCUT2D eigenvalue weighted by molar-refractivity contribution is 5.91. The third-order valence-corrected chi connectivity index (χ3v) is 6.59. The minimum Gasteiger partial charge on any atom is -0.350 e. The zero-order valence-corrected chi connectivity index (χ0v) is 14.0. The van der Waals surface area contributed by atoms with E-state index in [2.05, 4.69) is 12.2 Å². The molecule has 5 rings (SSSR count). The largest absolute Gasteiger partial charge is 0.350 e. The maximum absolute atomic E-state index is 12.3. The summed E-state index contributed by atoms with van der Waals surface area (Å²) in [6.45, 7) is 2.24. The minimum atomic E-state index is 0.0529. The molecule has 0 aliphatic heterocycles. The highest BCUT2D eigenvalue weighted by Gasteiger charge is 2.53. The van der Waals surface area contributed by atoms with Gasteiger partial charge in [-0.1, -0.05) is 30.3 Å². The van der Waals surface area contributed by atoms with Gasteiger partial charge in [0.05, 0.1) is 0 Å². The molecule has 0 radical (unpaired) electrons. The number of rotatable bonds is 4. The van der Waals surface area contributed by atoms with Crippen LogP contribution in [0.3, 0.4) is 0 Å². The Hall–Kier alpha value is -1.57. The Morgan fingerprint density at radius 3 is 2.22 bits per heavy atom. The number of hydrogen-bond donors (Lipinski definition) is 1. The Balaban J connectivity index is 1.41. The van der Waals surface area contributed by atoms with Crippen molar-refractivity contribution in [3.63, 3.8) is 0 Å². The molecule has 1 amide bonds. The van der Waals surface area contributed by atoms with Gasteiger partial charge in [0.1, 0.15) is 0 Å². The second-order valence-corrected chi connectivity index (χ2v) is 8.25. The summed E-state index contributed by atoms with van der Waals surface area (Å²) in [6.07, 6.45) is 12.0. The van der Waals surface area contributed by atoms with E-state index in [0.29, 0.717) is 11.5 Å². The predicted octanol–water partition coefficient (Wildman–Crippen LogP) is 4.42. The number of carbonyl (C=O) groups excluding carboxylic acids is 1.